The minimum atomic E-state index is -0.830. The van der Waals surface area contributed by atoms with E-state index in [4.69, 9.17) is 10.8 Å². The van der Waals surface area contributed by atoms with Crippen LogP contribution in [0.5, 0.6) is 0 Å². The predicted octanol–water partition coefficient (Wildman–Crippen LogP) is -1.15. The van der Waals surface area contributed by atoms with E-state index >= 15 is 0 Å². The van der Waals surface area contributed by atoms with E-state index in [-0.39, 0.29) is 0 Å². The van der Waals surface area contributed by atoms with Crippen molar-refractivity contribution in [3.63, 3.8) is 0 Å². The number of nitrogens with zero attached hydrogens (tertiary/aromatic N) is 1. The lowest BCUT2D eigenvalue weighted by Crippen LogP contribution is -2.48. The smallest absolute Gasteiger partial charge is 0.320 e. The molecule has 0 radical (unpaired) electrons. The molecule has 1 aliphatic heterocycles. The fourth-order valence-corrected chi connectivity index (χ4v) is 2.66. The van der Waals surface area contributed by atoms with Gasteiger partial charge < -0.3 is 10.8 Å². The zero-order valence-corrected chi connectivity index (χ0v) is 8.83. The van der Waals surface area contributed by atoms with Crippen molar-refractivity contribution in [2.45, 2.75) is 12.5 Å². The van der Waals surface area contributed by atoms with Crippen molar-refractivity contribution >= 4 is 16.8 Å². The van der Waals surface area contributed by atoms with Gasteiger partial charge in [-0.25, -0.2) is 0 Å². The molecule has 0 aromatic carbocycles. The Morgan fingerprint density at radius 1 is 1.50 bits per heavy atom. The first-order valence-electron chi connectivity index (χ1n) is 4.67. The van der Waals surface area contributed by atoms with Gasteiger partial charge >= 0.3 is 5.97 Å². The average Bonchev–Trinajstić information content (AvgIpc) is 2.15. The highest BCUT2D eigenvalue weighted by atomic mass is 32.2. The Morgan fingerprint density at radius 3 is 2.50 bits per heavy atom. The number of carboxylic acids is 1. The highest BCUT2D eigenvalue weighted by Crippen LogP contribution is 2.08. The lowest BCUT2D eigenvalue weighted by Gasteiger charge is -2.31. The van der Waals surface area contributed by atoms with Gasteiger partial charge in [0.05, 0.1) is 0 Å². The van der Waals surface area contributed by atoms with E-state index in [1.165, 1.54) is 0 Å². The Hall–Kier alpha value is -0.460. The van der Waals surface area contributed by atoms with Crippen LogP contribution in [0, 0.1) is 0 Å². The van der Waals surface area contributed by atoms with E-state index in [9.17, 15) is 9.00 Å². The minimum Gasteiger partial charge on any atom is -0.480 e. The molecule has 1 rings (SSSR count). The summed E-state index contributed by atoms with van der Waals surface area (Å²) in [5.41, 5.74) is 5.35. The molecule has 14 heavy (non-hydrogen) atoms. The number of carbonyl (C=O) groups is 1. The van der Waals surface area contributed by atoms with E-state index in [0.717, 1.165) is 0 Å². The van der Waals surface area contributed by atoms with Crippen molar-refractivity contribution in [3.8, 4) is 0 Å². The second-order valence-electron chi connectivity index (χ2n) is 3.32. The van der Waals surface area contributed by atoms with Crippen LogP contribution in [0.15, 0.2) is 0 Å². The van der Waals surface area contributed by atoms with Crippen LogP contribution in [0.3, 0.4) is 0 Å². The molecular formula is C8H16N2O3S. The summed E-state index contributed by atoms with van der Waals surface area (Å²) >= 11 is 0. The molecule has 3 N–H and O–H groups in total. The maximum atomic E-state index is 11.1. The molecule has 1 atom stereocenters. The Morgan fingerprint density at radius 2 is 2.07 bits per heavy atom. The third kappa shape index (κ3) is 3.04. The zero-order chi connectivity index (χ0) is 10.6. The van der Waals surface area contributed by atoms with Crippen LogP contribution in [0.25, 0.3) is 0 Å². The molecular weight excluding hydrogens is 204 g/mol. The second kappa shape index (κ2) is 5.43. The van der Waals surface area contributed by atoms with Gasteiger partial charge in [-0.05, 0) is 13.0 Å². The zero-order valence-electron chi connectivity index (χ0n) is 8.02. The topological polar surface area (TPSA) is 83.6 Å². The van der Waals surface area contributed by atoms with Crippen LogP contribution >= 0.6 is 0 Å². The maximum Gasteiger partial charge on any atom is 0.320 e. The molecule has 0 aromatic heterocycles. The summed E-state index contributed by atoms with van der Waals surface area (Å²) in [7, 11) is -0.760. The molecule has 1 saturated heterocycles. The van der Waals surface area contributed by atoms with Crippen molar-refractivity contribution in [1.82, 2.24) is 4.90 Å². The van der Waals surface area contributed by atoms with Crippen molar-refractivity contribution in [1.29, 1.82) is 0 Å². The monoisotopic (exact) mass is 220 g/mol. The Bertz CT molecular complexity index is 225. The lowest BCUT2D eigenvalue weighted by molar-refractivity contribution is -0.143. The highest BCUT2D eigenvalue weighted by Gasteiger charge is 2.27. The number of nitrogens with two attached hydrogens (primary N) is 1. The molecule has 0 spiro atoms. The number of hydrogen-bond acceptors (Lipinski definition) is 4. The quantitative estimate of drug-likeness (QED) is 0.625. The van der Waals surface area contributed by atoms with Crippen LogP contribution in [-0.2, 0) is 15.6 Å². The summed E-state index contributed by atoms with van der Waals surface area (Å²) in [6.45, 7) is 1.57. The van der Waals surface area contributed by atoms with Crippen molar-refractivity contribution in [2.75, 3.05) is 31.1 Å². The van der Waals surface area contributed by atoms with Gasteiger partial charge in [-0.2, -0.15) is 0 Å². The van der Waals surface area contributed by atoms with Crippen LogP contribution in [0.1, 0.15) is 6.42 Å². The van der Waals surface area contributed by atoms with Gasteiger partial charge in [0.25, 0.3) is 0 Å². The third-order valence-electron chi connectivity index (χ3n) is 2.38. The fourth-order valence-electron chi connectivity index (χ4n) is 1.58. The summed E-state index contributed by atoms with van der Waals surface area (Å²) in [5, 5.41) is 8.95. The summed E-state index contributed by atoms with van der Waals surface area (Å²) in [6.07, 6.45) is 0.460. The summed E-state index contributed by atoms with van der Waals surface area (Å²) in [5.74, 6) is 0.325. The van der Waals surface area contributed by atoms with E-state index in [0.29, 0.717) is 37.6 Å². The van der Waals surface area contributed by atoms with Gasteiger partial charge in [0.1, 0.15) is 6.04 Å². The SMILES string of the molecule is NCCC(C(=O)O)N1CCS(=O)CC1. The van der Waals surface area contributed by atoms with Crippen LogP contribution in [0.2, 0.25) is 0 Å². The van der Waals surface area contributed by atoms with Crippen LogP contribution in [0.4, 0.5) is 0 Å². The molecule has 82 valence electrons. The Labute approximate surface area is 85.7 Å². The van der Waals surface area contributed by atoms with Crippen LogP contribution < -0.4 is 5.73 Å². The van der Waals surface area contributed by atoms with Crippen molar-refractivity contribution in [3.05, 3.63) is 0 Å². The lowest BCUT2D eigenvalue weighted by atomic mass is 10.1. The standard InChI is InChI=1S/C8H16N2O3S/c9-2-1-7(8(11)12)10-3-5-14(13)6-4-10/h7H,1-6,9H2,(H,11,12). The van der Waals surface area contributed by atoms with E-state index in [1.54, 1.807) is 0 Å². The van der Waals surface area contributed by atoms with E-state index in [2.05, 4.69) is 0 Å². The first-order chi connectivity index (χ1) is 6.65. The first kappa shape index (κ1) is 11.6. The molecule has 1 fully saturated rings. The fraction of sp³-hybridized carbons (Fsp3) is 0.875. The number of aliphatic carboxylic acids is 1. The third-order valence-corrected chi connectivity index (χ3v) is 3.65. The van der Waals surface area contributed by atoms with E-state index < -0.39 is 22.8 Å². The molecule has 6 heteroatoms. The molecule has 0 aliphatic carbocycles. The first-order valence-corrected chi connectivity index (χ1v) is 6.16. The molecule has 1 unspecified atom stereocenters. The maximum absolute atomic E-state index is 11.1. The molecule has 0 saturated carbocycles. The van der Waals surface area contributed by atoms with Crippen molar-refractivity contribution in [2.24, 2.45) is 5.73 Å². The van der Waals surface area contributed by atoms with Gasteiger partial charge in [-0.3, -0.25) is 13.9 Å². The van der Waals surface area contributed by atoms with E-state index in [1.807, 2.05) is 4.90 Å². The summed E-state index contributed by atoms with van der Waals surface area (Å²) in [6, 6.07) is -0.503. The average molecular weight is 220 g/mol. The predicted molar refractivity (Wildman–Crippen MR) is 54.5 cm³/mol. The number of rotatable bonds is 4. The Balaban J connectivity index is 2.51. The van der Waals surface area contributed by atoms with Gasteiger partial charge in [0.15, 0.2) is 0 Å². The molecule has 5 nitrogen and oxygen atoms in total. The normalized spacial score (nSPS) is 22.1. The summed E-state index contributed by atoms with van der Waals surface area (Å²) in [4.78, 5) is 12.8. The minimum absolute atomic E-state index is 0.372. The van der Waals surface area contributed by atoms with Gasteiger partial charge in [-0.1, -0.05) is 0 Å². The van der Waals surface area contributed by atoms with Crippen molar-refractivity contribution < 1.29 is 14.1 Å². The number of hydrogen-bond donors (Lipinski definition) is 2. The van der Waals surface area contributed by atoms with Crippen LogP contribution in [-0.4, -0.2) is 57.4 Å². The highest BCUT2D eigenvalue weighted by molar-refractivity contribution is 7.85. The van der Waals surface area contributed by atoms with Gasteiger partial charge in [0.2, 0.25) is 0 Å². The second-order valence-corrected chi connectivity index (χ2v) is 5.01. The van der Waals surface area contributed by atoms with Gasteiger partial charge in [-0.15, -0.1) is 0 Å². The largest absolute Gasteiger partial charge is 0.480 e. The molecule has 0 aromatic rings. The molecule has 1 heterocycles. The van der Waals surface area contributed by atoms with Gasteiger partial charge in [0, 0.05) is 35.4 Å². The molecule has 0 bridgehead atoms. The molecule has 1 aliphatic rings. The Kier molecular flexibility index (Phi) is 4.50. The molecule has 0 amide bonds. The summed E-state index contributed by atoms with van der Waals surface area (Å²) < 4.78 is 11.1. The number of carboxylic acid groups (broad SMARTS) is 1.